The fourth-order valence-electron chi connectivity index (χ4n) is 0. The van der Waals surface area contributed by atoms with Gasteiger partial charge in [-0.25, -0.2) is 4.79 Å². The molecule has 7 heavy (non-hydrogen) atoms. The first-order valence-electron chi connectivity index (χ1n) is 0.651. The molecule has 4 nitrogen and oxygen atoms in total. The molecule has 0 aromatic rings. The van der Waals surface area contributed by atoms with Crippen LogP contribution in [0.3, 0.4) is 0 Å². The largest absolute Gasteiger partial charge is 0.503 e. The number of hydrogen-bond acceptors (Lipinski definition) is 1. The molecule has 39 valence electrons. The Morgan fingerprint density at radius 1 is 1.29 bits per heavy atom. The maximum absolute atomic E-state index is 8.56. The number of carbonyl (C=O) groups is 1. The van der Waals surface area contributed by atoms with E-state index in [-0.39, 0.29) is 87.6 Å². The summed E-state index contributed by atoms with van der Waals surface area (Å²) in [4.78, 5) is 8.56. The van der Waals surface area contributed by atoms with Gasteiger partial charge in [0.2, 0.25) is 0 Å². The van der Waals surface area contributed by atoms with Crippen LogP contribution in [-0.2, 0) is 0 Å². The number of hydrogen-bond donors (Lipinski definition) is 2. The van der Waals surface area contributed by atoms with Crippen LogP contribution in [0.4, 0.5) is 4.79 Å². The molecule has 0 spiro atoms. The molecule has 0 aliphatic heterocycles. The molecular weight excluding hydrogens is 361 g/mol. The Balaban J connectivity index is -0.0000000150. The third-order valence-corrected chi connectivity index (χ3v) is 0. The molecular formula is CH4NdO4Pr. The first-order chi connectivity index (χ1) is 1.73. The van der Waals surface area contributed by atoms with Gasteiger partial charge in [-0.1, -0.05) is 0 Å². The van der Waals surface area contributed by atoms with Gasteiger partial charge in [-0.15, -0.1) is 0 Å². The van der Waals surface area contributed by atoms with Crippen LogP contribution in [0.15, 0.2) is 0 Å². The van der Waals surface area contributed by atoms with Gasteiger partial charge in [-0.05, 0) is 0 Å². The second-order valence-electron chi connectivity index (χ2n) is 0.283. The Hall–Kier alpha value is 1.94. The van der Waals surface area contributed by atoms with Crippen molar-refractivity contribution in [2.24, 2.45) is 0 Å². The molecule has 0 unspecified atom stereocenters. The molecule has 0 aliphatic carbocycles. The van der Waals surface area contributed by atoms with E-state index >= 15 is 0 Å². The van der Waals surface area contributed by atoms with E-state index in [9.17, 15) is 0 Å². The number of carboxylic acid groups (broad SMARTS) is 2. The molecule has 0 bridgehead atoms. The van der Waals surface area contributed by atoms with Gasteiger partial charge in [0.25, 0.3) is 0 Å². The SMILES string of the molecule is O.O=C(O)O.[Nd].[Pr]. The maximum atomic E-state index is 8.56. The van der Waals surface area contributed by atoms with Crippen LogP contribution in [-0.4, -0.2) is 21.8 Å². The molecule has 0 rings (SSSR count). The van der Waals surface area contributed by atoms with Crippen molar-refractivity contribution < 1.29 is 103 Å². The van der Waals surface area contributed by atoms with Crippen molar-refractivity contribution in [3.8, 4) is 0 Å². The van der Waals surface area contributed by atoms with Gasteiger partial charge in [0.15, 0.2) is 0 Å². The van der Waals surface area contributed by atoms with Crippen molar-refractivity contribution in [3.05, 3.63) is 0 Å². The summed E-state index contributed by atoms with van der Waals surface area (Å²) in [7, 11) is 0. The first kappa shape index (κ1) is 23.1. The van der Waals surface area contributed by atoms with Crippen molar-refractivity contribution >= 4 is 6.16 Å². The quantitative estimate of drug-likeness (QED) is 0.601. The van der Waals surface area contributed by atoms with Gasteiger partial charge in [0, 0.05) is 82.1 Å². The number of rotatable bonds is 0. The van der Waals surface area contributed by atoms with Crippen molar-refractivity contribution in [2.75, 3.05) is 0 Å². The molecule has 0 aromatic heterocycles. The summed E-state index contributed by atoms with van der Waals surface area (Å²) >= 11 is 0. The zero-order valence-electron chi connectivity index (χ0n) is 3.38. The average Bonchev–Trinajstić information content (AvgIpc) is 0.811. The van der Waals surface area contributed by atoms with E-state index in [1.807, 2.05) is 0 Å². The molecule has 0 aliphatic rings. The third kappa shape index (κ3) is 74.3. The second-order valence-corrected chi connectivity index (χ2v) is 0.283. The fraction of sp³-hybridized carbons (Fsp3) is 0. The molecule has 0 fully saturated rings. The molecule has 0 heterocycles. The van der Waals surface area contributed by atoms with Crippen LogP contribution in [0, 0.1) is 82.1 Å². The second kappa shape index (κ2) is 15.7. The van der Waals surface area contributed by atoms with Crippen LogP contribution < -0.4 is 0 Å². The van der Waals surface area contributed by atoms with E-state index in [1.165, 1.54) is 0 Å². The average molecular weight is 365 g/mol. The summed E-state index contributed by atoms with van der Waals surface area (Å²) in [6.45, 7) is 0. The van der Waals surface area contributed by atoms with Gasteiger partial charge in [-0.2, -0.15) is 0 Å². The van der Waals surface area contributed by atoms with Crippen molar-refractivity contribution in [1.29, 1.82) is 0 Å². The molecule has 4 N–H and O–H groups in total. The van der Waals surface area contributed by atoms with Crippen molar-refractivity contribution in [1.82, 2.24) is 0 Å². The summed E-state index contributed by atoms with van der Waals surface area (Å²) < 4.78 is 0. The normalized spacial score (nSPS) is 3.43. The summed E-state index contributed by atoms with van der Waals surface area (Å²) in [6.07, 6.45) is -1.83. The topological polar surface area (TPSA) is 89.0 Å². The van der Waals surface area contributed by atoms with E-state index in [0.29, 0.717) is 0 Å². The van der Waals surface area contributed by atoms with Crippen LogP contribution in [0.5, 0.6) is 0 Å². The monoisotopic (exact) mass is 363 g/mol. The Labute approximate surface area is 106 Å². The van der Waals surface area contributed by atoms with E-state index in [0.717, 1.165) is 0 Å². The van der Waals surface area contributed by atoms with Crippen molar-refractivity contribution in [3.63, 3.8) is 0 Å². The maximum Gasteiger partial charge on any atom is 0.503 e. The molecule has 0 aromatic carbocycles. The third-order valence-electron chi connectivity index (χ3n) is 0. The summed E-state index contributed by atoms with van der Waals surface area (Å²) in [5.74, 6) is 0. The summed E-state index contributed by atoms with van der Waals surface area (Å²) in [5.41, 5.74) is 0. The van der Waals surface area contributed by atoms with Crippen LogP contribution in [0.1, 0.15) is 0 Å². The Morgan fingerprint density at radius 3 is 1.29 bits per heavy atom. The predicted octanol–water partition coefficient (Wildman–Crippen LogP) is -0.602. The standard InChI is InChI=1S/CH2O3.Nd.H2O.Pr/c2-1(3)4;;;/h(H2,2,3,4);;1H2;. The zero-order valence-corrected chi connectivity index (χ0v) is 10.3. The Morgan fingerprint density at radius 2 is 1.29 bits per heavy atom. The fourth-order valence-corrected chi connectivity index (χ4v) is 0. The van der Waals surface area contributed by atoms with Gasteiger partial charge in [0.1, 0.15) is 0 Å². The summed E-state index contributed by atoms with van der Waals surface area (Å²) in [6, 6.07) is 0. The molecule has 1 radical (unpaired) electrons. The minimum absolute atomic E-state index is 0. The van der Waals surface area contributed by atoms with E-state index in [1.54, 1.807) is 0 Å². The van der Waals surface area contributed by atoms with Gasteiger partial charge >= 0.3 is 6.16 Å². The van der Waals surface area contributed by atoms with Crippen LogP contribution in [0.2, 0.25) is 0 Å². The van der Waals surface area contributed by atoms with E-state index in [2.05, 4.69) is 0 Å². The zero-order chi connectivity index (χ0) is 3.58. The summed E-state index contributed by atoms with van der Waals surface area (Å²) in [5, 5.41) is 13.9. The smallest absolute Gasteiger partial charge is 0.450 e. The molecule has 0 saturated heterocycles. The molecule has 0 atom stereocenters. The van der Waals surface area contributed by atoms with Gasteiger partial charge in [-0.3, -0.25) is 0 Å². The first-order valence-corrected chi connectivity index (χ1v) is 0.651. The Bertz CT molecular complexity index is 34.7. The van der Waals surface area contributed by atoms with Crippen molar-refractivity contribution in [2.45, 2.75) is 0 Å². The molecule has 6 heteroatoms. The van der Waals surface area contributed by atoms with E-state index in [4.69, 9.17) is 15.0 Å². The predicted molar refractivity (Wildman–Crippen MR) is 14.3 cm³/mol. The van der Waals surface area contributed by atoms with Gasteiger partial charge < -0.3 is 15.7 Å². The van der Waals surface area contributed by atoms with Crippen LogP contribution >= 0.6 is 0 Å². The minimum atomic E-state index is -1.83. The Kier molecular flexibility index (Phi) is 51.7. The molecule has 0 amide bonds. The minimum Gasteiger partial charge on any atom is -0.450 e. The van der Waals surface area contributed by atoms with E-state index < -0.39 is 6.16 Å². The van der Waals surface area contributed by atoms with Gasteiger partial charge in [0.05, 0.1) is 0 Å². The molecule has 0 saturated carbocycles. The van der Waals surface area contributed by atoms with Crippen LogP contribution in [0.25, 0.3) is 0 Å².